The van der Waals surface area contributed by atoms with Gasteiger partial charge in [0.2, 0.25) is 5.09 Å². The summed E-state index contributed by atoms with van der Waals surface area (Å²) in [7, 11) is -4.01. The third kappa shape index (κ3) is 2.89. The molecule has 2 N–H and O–H groups in total. The topological polar surface area (TPSA) is 96.6 Å². The van der Waals surface area contributed by atoms with Crippen LogP contribution in [0.5, 0.6) is 0 Å². The van der Waals surface area contributed by atoms with Gasteiger partial charge in [-0.05, 0) is 36.8 Å². The number of furan rings is 1. The molecule has 1 aromatic carbocycles. The van der Waals surface area contributed by atoms with Crippen LogP contribution < -0.4 is 4.72 Å². The molecular weight excluding hydrogens is 318 g/mol. The number of aliphatic carboxylic acids is 1. The standard InChI is InChI=1S/C16H17NO5S/c1-11-7-14(22-10-11)23(20,21)17-16(15(18)19)8-13(9-16)12-5-3-2-4-6-12/h2-7,10,13,17H,8-9H2,1H3,(H,18,19). The Bertz CT molecular complexity index is 819. The maximum Gasteiger partial charge on any atom is 0.324 e. The number of sulfonamides is 1. The fraction of sp³-hybridized carbons (Fsp3) is 0.312. The molecule has 0 spiro atoms. The first kappa shape index (κ1) is 15.8. The van der Waals surface area contributed by atoms with E-state index in [0.29, 0.717) is 5.56 Å². The number of hydrogen-bond acceptors (Lipinski definition) is 4. The summed E-state index contributed by atoms with van der Waals surface area (Å²) in [5.74, 6) is -1.15. The average Bonchev–Trinajstić information content (AvgIpc) is 2.90. The monoisotopic (exact) mass is 335 g/mol. The van der Waals surface area contributed by atoms with Gasteiger partial charge in [0.25, 0.3) is 10.0 Å². The van der Waals surface area contributed by atoms with E-state index < -0.39 is 21.5 Å². The largest absolute Gasteiger partial charge is 0.480 e. The number of aryl methyl sites for hydroxylation is 1. The van der Waals surface area contributed by atoms with Crippen LogP contribution in [0.1, 0.15) is 29.9 Å². The Hall–Kier alpha value is -2.12. The van der Waals surface area contributed by atoms with Gasteiger partial charge in [0.05, 0.1) is 6.26 Å². The van der Waals surface area contributed by atoms with E-state index in [9.17, 15) is 18.3 Å². The zero-order chi connectivity index (χ0) is 16.7. The number of nitrogens with one attached hydrogen (secondary N) is 1. The van der Waals surface area contributed by atoms with E-state index in [1.54, 1.807) is 6.92 Å². The Labute approximate surface area is 134 Å². The molecule has 0 saturated heterocycles. The van der Waals surface area contributed by atoms with Crippen LogP contribution in [0, 0.1) is 6.92 Å². The average molecular weight is 335 g/mol. The molecule has 0 amide bonds. The van der Waals surface area contributed by atoms with Crippen molar-refractivity contribution < 1.29 is 22.7 Å². The lowest BCUT2D eigenvalue weighted by atomic mass is 9.66. The number of carboxylic acids is 1. The van der Waals surface area contributed by atoms with Crippen LogP contribution in [0.15, 0.2) is 52.2 Å². The Morgan fingerprint density at radius 3 is 2.48 bits per heavy atom. The smallest absolute Gasteiger partial charge is 0.324 e. The highest BCUT2D eigenvalue weighted by atomic mass is 32.2. The first-order valence-electron chi connectivity index (χ1n) is 7.20. The molecule has 0 aliphatic heterocycles. The van der Waals surface area contributed by atoms with E-state index in [1.165, 1.54) is 12.3 Å². The van der Waals surface area contributed by atoms with Gasteiger partial charge in [0, 0.05) is 6.07 Å². The quantitative estimate of drug-likeness (QED) is 0.874. The van der Waals surface area contributed by atoms with Crippen molar-refractivity contribution in [2.45, 2.75) is 36.3 Å². The Kier molecular flexibility index (Phi) is 3.77. The second-order valence-electron chi connectivity index (χ2n) is 5.95. The van der Waals surface area contributed by atoms with Crippen molar-refractivity contribution in [3.8, 4) is 0 Å². The van der Waals surface area contributed by atoms with Gasteiger partial charge in [0.1, 0.15) is 5.54 Å². The summed E-state index contributed by atoms with van der Waals surface area (Å²) in [5, 5.41) is 9.24. The first-order chi connectivity index (χ1) is 10.8. The summed E-state index contributed by atoms with van der Waals surface area (Å²) in [6.07, 6.45) is 1.74. The summed E-state index contributed by atoms with van der Waals surface area (Å²) >= 11 is 0. The Morgan fingerprint density at radius 1 is 1.30 bits per heavy atom. The summed E-state index contributed by atoms with van der Waals surface area (Å²) in [4.78, 5) is 11.6. The number of carboxylic acid groups (broad SMARTS) is 1. The summed E-state index contributed by atoms with van der Waals surface area (Å²) in [6, 6.07) is 10.8. The molecule has 7 heteroatoms. The molecule has 1 heterocycles. The lowest BCUT2D eigenvalue weighted by Crippen LogP contribution is -2.61. The van der Waals surface area contributed by atoms with E-state index in [4.69, 9.17) is 4.42 Å². The van der Waals surface area contributed by atoms with Crippen LogP contribution >= 0.6 is 0 Å². The van der Waals surface area contributed by atoms with E-state index in [-0.39, 0.29) is 23.9 Å². The molecular formula is C16H17NO5S. The van der Waals surface area contributed by atoms with Crippen molar-refractivity contribution in [3.63, 3.8) is 0 Å². The van der Waals surface area contributed by atoms with Crippen molar-refractivity contribution in [1.29, 1.82) is 0 Å². The normalized spacial score (nSPS) is 24.1. The molecule has 1 saturated carbocycles. The Morgan fingerprint density at radius 2 is 1.96 bits per heavy atom. The first-order valence-corrected chi connectivity index (χ1v) is 8.68. The van der Waals surface area contributed by atoms with Crippen LogP contribution in [0.4, 0.5) is 0 Å². The second kappa shape index (κ2) is 5.50. The highest BCUT2D eigenvalue weighted by Gasteiger charge is 2.53. The van der Waals surface area contributed by atoms with Gasteiger partial charge in [-0.2, -0.15) is 4.72 Å². The number of hydrogen-bond donors (Lipinski definition) is 2. The van der Waals surface area contributed by atoms with E-state index in [2.05, 4.69) is 4.72 Å². The predicted octanol–water partition coefficient (Wildman–Crippen LogP) is 2.27. The van der Waals surface area contributed by atoms with Gasteiger partial charge in [-0.15, -0.1) is 0 Å². The van der Waals surface area contributed by atoms with Gasteiger partial charge in [-0.25, -0.2) is 8.42 Å². The van der Waals surface area contributed by atoms with E-state index >= 15 is 0 Å². The summed E-state index contributed by atoms with van der Waals surface area (Å²) in [6.45, 7) is 1.70. The van der Waals surface area contributed by atoms with Crippen molar-refractivity contribution in [2.24, 2.45) is 0 Å². The molecule has 1 aromatic heterocycles. The molecule has 1 aliphatic carbocycles. The highest BCUT2D eigenvalue weighted by molar-refractivity contribution is 7.89. The number of rotatable bonds is 5. The minimum atomic E-state index is -4.01. The molecule has 6 nitrogen and oxygen atoms in total. The summed E-state index contributed by atoms with van der Waals surface area (Å²) < 4.78 is 32.0. The third-order valence-corrected chi connectivity index (χ3v) is 5.57. The lowest BCUT2D eigenvalue weighted by molar-refractivity contribution is -0.148. The van der Waals surface area contributed by atoms with Crippen molar-refractivity contribution in [2.75, 3.05) is 0 Å². The molecule has 2 aromatic rings. The van der Waals surface area contributed by atoms with Crippen molar-refractivity contribution in [1.82, 2.24) is 4.72 Å². The third-order valence-electron chi connectivity index (χ3n) is 4.17. The molecule has 0 bridgehead atoms. The van der Waals surface area contributed by atoms with Gasteiger partial charge in [-0.3, -0.25) is 4.79 Å². The van der Waals surface area contributed by atoms with Gasteiger partial charge in [0.15, 0.2) is 0 Å². The SMILES string of the molecule is Cc1coc(S(=O)(=O)NC2(C(=O)O)CC(c3ccccc3)C2)c1. The zero-order valence-electron chi connectivity index (χ0n) is 12.5. The molecule has 23 heavy (non-hydrogen) atoms. The van der Waals surface area contributed by atoms with E-state index in [0.717, 1.165) is 5.56 Å². The number of carbonyl (C=O) groups is 1. The molecule has 0 unspecified atom stereocenters. The molecule has 0 atom stereocenters. The Balaban J connectivity index is 1.81. The minimum Gasteiger partial charge on any atom is -0.480 e. The summed E-state index contributed by atoms with van der Waals surface area (Å²) in [5.41, 5.74) is 0.183. The van der Waals surface area contributed by atoms with Crippen LogP contribution in [0.2, 0.25) is 0 Å². The molecule has 122 valence electrons. The van der Waals surface area contributed by atoms with Crippen LogP contribution in [0.3, 0.4) is 0 Å². The van der Waals surface area contributed by atoms with Crippen LogP contribution in [-0.2, 0) is 14.8 Å². The maximum atomic E-state index is 12.3. The minimum absolute atomic E-state index is 0.0216. The van der Waals surface area contributed by atoms with Crippen molar-refractivity contribution >= 4 is 16.0 Å². The van der Waals surface area contributed by atoms with Gasteiger partial charge in [-0.1, -0.05) is 30.3 Å². The lowest BCUT2D eigenvalue weighted by Gasteiger charge is -2.44. The molecule has 0 radical (unpaired) electrons. The van der Waals surface area contributed by atoms with Gasteiger partial charge < -0.3 is 9.52 Å². The second-order valence-corrected chi connectivity index (χ2v) is 7.57. The number of benzene rings is 1. The fourth-order valence-corrected chi connectivity index (χ4v) is 4.28. The molecule has 3 rings (SSSR count). The fourth-order valence-electron chi connectivity index (χ4n) is 2.90. The predicted molar refractivity (Wildman–Crippen MR) is 82.6 cm³/mol. The van der Waals surface area contributed by atoms with Crippen LogP contribution in [-0.4, -0.2) is 25.0 Å². The van der Waals surface area contributed by atoms with E-state index in [1.807, 2.05) is 30.3 Å². The highest BCUT2D eigenvalue weighted by Crippen LogP contribution is 2.45. The maximum absolute atomic E-state index is 12.3. The molecule has 1 fully saturated rings. The van der Waals surface area contributed by atoms with Crippen molar-refractivity contribution in [3.05, 3.63) is 53.8 Å². The zero-order valence-corrected chi connectivity index (χ0v) is 13.3. The van der Waals surface area contributed by atoms with Gasteiger partial charge >= 0.3 is 5.97 Å². The van der Waals surface area contributed by atoms with Crippen LogP contribution in [0.25, 0.3) is 0 Å². The molecule has 1 aliphatic rings.